The fourth-order valence-corrected chi connectivity index (χ4v) is 3.21. The molecule has 0 aliphatic heterocycles. The molecule has 0 heterocycles. The summed E-state index contributed by atoms with van der Waals surface area (Å²) < 4.78 is 5.52. The van der Waals surface area contributed by atoms with Gasteiger partial charge in [0.15, 0.2) is 0 Å². The minimum atomic E-state index is -0.0492. The van der Waals surface area contributed by atoms with Gasteiger partial charge in [-0.1, -0.05) is 19.3 Å². The van der Waals surface area contributed by atoms with Crippen molar-refractivity contribution in [1.29, 1.82) is 0 Å². The van der Waals surface area contributed by atoms with E-state index in [1.807, 2.05) is 18.2 Å². The SMILES string of the molecule is CCN(c1cc(NC(C)=O)ccc1OC)C1CCCCC1. The van der Waals surface area contributed by atoms with E-state index < -0.39 is 0 Å². The molecule has 2 rings (SSSR count). The first-order valence-corrected chi connectivity index (χ1v) is 7.88. The van der Waals surface area contributed by atoms with E-state index in [9.17, 15) is 4.79 Å². The molecule has 0 spiro atoms. The molecule has 1 aliphatic rings. The van der Waals surface area contributed by atoms with Crippen LogP contribution in [0.25, 0.3) is 0 Å². The first-order valence-electron chi connectivity index (χ1n) is 7.88. The largest absolute Gasteiger partial charge is 0.495 e. The first kappa shape index (κ1) is 15.7. The van der Waals surface area contributed by atoms with Crippen molar-refractivity contribution in [3.05, 3.63) is 18.2 Å². The third-order valence-electron chi connectivity index (χ3n) is 4.16. The molecule has 0 bridgehead atoms. The standard InChI is InChI=1S/C17H26N2O2/c1-4-19(15-8-6-5-7-9-15)16-12-14(18-13(2)20)10-11-17(16)21-3/h10-12,15H,4-9H2,1-3H3,(H,18,20). The summed E-state index contributed by atoms with van der Waals surface area (Å²) >= 11 is 0. The normalized spacial score (nSPS) is 15.6. The Hall–Kier alpha value is -1.71. The van der Waals surface area contributed by atoms with Crippen LogP contribution in [-0.2, 0) is 4.79 Å². The minimum absolute atomic E-state index is 0.0492. The fourth-order valence-electron chi connectivity index (χ4n) is 3.21. The van der Waals surface area contributed by atoms with Gasteiger partial charge in [0.25, 0.3) is 0 Å². The number of anilines is 2. The molecular formula is C17H26N2O2. The molecule has 0 atom stereocenters. The van der Waals surface area contributed by atoms with E-state index in [4.69, 9.17) is 4.74 Å². The second-order valence-corrected chi connectivity index (χ2v) is 5.65. The summed E-state index contributed by atoms with van der Waals surface area (Å²) in [6, 6.07) is 6.42. The number of ether oxygens (including phenoxy) is 1. The zero-order valence-electron chi connectivity index (χ0n) is 13.3. The predicted octanol–water partition coefficient (Wildman–Crippen LogP) is 3.81. The van der Waals surface area contributed by atoms with Gasteiger partial charge in [-0.25, -0.2) is 0 Å². The Bertz CT molecular complexity index is 482. The molecule has 0 unspecified atom stereocenters. The van der Waals surface area contributed by atoms with Gasteiger partial charge in [0, 0.05) is 25.2 Å². The summed E-state index contributed by atoms with van der Waals surface area (Å²) in [7, 11) is 1.70. The van der Waals surface area contributed by atoms with Crippen LogP contribution in [-0.4, -0.2) is 25.6 Å². The fraction of sp³-hybridized carbons (Fsp3) is 0.588. The Morgan fingerprint density at radius 1 is 1.33 bits per heavy atom. The molecule has 0 aromatic heterocycles. The van der Waals surface area contributed by atoms with Gasteiger partial charge in [-0.05, 0) is 38.0 Å². The number of rotatable bonds is 5. The van der Waals surface area contributed by atoms with Crippen LogP contribution >= 0.6 is 0 Å². The molecule has 4 nitrogen and oxygen atoms in total. The molecule has 1 aromatic rings. The van der Waals surface area contributed by atoms with Gasteiger partial charge >= 0.3 is 0 Å². The zero-order chi connectivity index (χ0) is 15.2. The number of hydrogen-bond acceptors (Lipinski definition) is 3. The van der Waals surface area contributed by atoms with E-state index in [2.05, 4.69) is 17.1 Å². The van der Waals surface area contributed by atoms with Crippen molar-refractivity contribution in [3.63, 3.8) is 0 Å². The number of nitrogens with one attached hydrogen (secondary N) is 1. The summed E-state index contributed by atoms with van der Waals surface area (Å²) in [5, 5.41) is 2.86. The lowest BCUT2D eigenvalue weighted by atomic mass is 9.93. The van der Waals surface area contributed by atoms with Crippen LogP contribution in [0.1, 0.15) is 46.0 Å². The Morgan fingerprint density at radius 3 is 2.62 bits per heavy atom. The van der Waals surface area contributed by atoms with Gasteiger partial charge < -0.3 is 15.0 Å². The third-order valence-corrected chi connectivity index (χ3v) is 4.16. The topological polar surface area (TPSA) is 41.6 Å². The first-order chi connectivity index (χ1) is 10.2. The number of hydrogen-bond donors (Lipinski definition) is 1. The molecule has 1 amide bonds. The van der Waals surface area contributed by atoms with Crippen LogP contribution < -0.4 is 15.0 Å². The Balaban J connectivity index is 2.30. The lowest BCUT2D eigenvalue weighted by molar-refractivity contribution is -0.114. The highest BCUT2D eigenvalue weighted by molar-refractivity contribution is 5.89. The van der Waals surface area contributed by atoms with Gasteiger partial charge in [-0.3, -0.25) is 4.79 Å². The van der Waals surface area contributed by atoms with Crippen molar-refractivity contribution in [2.45, 2.75) is 52.0 Å². The van der Waals surface area contributed by atoms with Crippen LogP contribution in [0.3, 0.4) is 0 Å². The highest BCUT2D eigenvalue weighted by Crippen LogP contribution is 2.35. The number of benzene rings is 1. The average molecular weight is 290 g/mol. The highest BCUT2D eigenvalue weighted by atomic mass is 16.5. The molecule has 4 heteroatoms. The minimum Gasteiger partial charge on any atom is -0.495 e. The summed E-state index contributed by atoms with van der Waals surface area (Å²) in [6.07, 6.45) is 6.42. The van der Waals surface area contributed by atoms with Gasteiger partial charge in [-0.2, -0.15) is 0 Å². The molecule has 1 aliphatic carbocycles. The van der Waals surface area contributed by atoms with Crippen molar-refractivity contribution < 1.29 is 9.53 Å². The predicted molar refractivity (Wildman–Crippen MR) is 87.2 cm³/mol. The molecule has 21 heavy (non-hydrogen) atoms. The van der Waals surface area contributed by atoms with Gasteiger partial charge in [-0.15, -0.1) is 0 Å². The van der Waals surface area contributed by atoms with E-state index in [0.29, 0.717) is 6.04 Å². The number of amides is 1. The maximum Gasteiger partial charge on any atom is 0.221 e. The number of nitrogens with zero attached hydrogens (tertiary/aromatic N) is 1. The maximum absolute atomic E-state index is 11.3. The molecule has 0 radical (unpaired) electrons. The molecule has 1 aromatic carbocycles. The lowest BCUT2D eigenvalue weighted by Gasteiger charge is -2.36. The van der Waals surface area contributed by atoms with E-state index in [1.165, 1.54) is 39.0 Å². The van der Waals surface area contributed by atoms with Crippen LogP contribution in [0.15, 0.2) is 18.2 Å². The van der Waals surface area contributed by atoms with Gasteiger partial charge in [0.1, 0.15) is 5.75 Å². The van der Waals surface area contributed by atoms with Crippen LogP contribution in [0.2, 0.25) is 0 Å². The zero-order valence-corrected chi connectivity index (χ0v) is 13.3. The Kier molecular flexibility index (Phi) is 5.48. The Labute approximate surface area is 127 Å². The molecule has 1 fully saturated rings. The highest BCUT2D eigenvalue weighted by Gasteiger charge is 2.22. The van der Waals surface area contributed by atoms with E-state index >= 15 is 0 Å². The lowest BCUT2D eigenvalue weighted by Crippen LogP contribution is -2.37. The number of carbonyl (C=O) groups is 1. The second-order valence-electron chi connectivity index (χ2n) is 5.65. The van der Waals surface area contributed by atoms with Gasteiger partial charge in [0.05, 0.1) is 12.8 Å². The molecular weight excluding hydrogens is 264 g/mol. The van der Waals surface area contributed by atoms with Crippen LogP contribution in [0.4, 0.5) is 11.4 Å². The van der Waals surface area contributed by atoms with Crippen molar-refractivity contribution in [2.24, 2.45) is 0 Å². The average Bonchev–Trinajstić information content (AvgIpc) is 2.49. The summed E-state index contributed by atoms with van der Waals surface area (Å²) in [6.45, 7) is 4.66. The third kappa shape index (κ3) is 3.90. The monoisotopic (exact) mass is 290 g/mol. The summed E-state index contributed by atoms with van der Waals surface area (Å²) in [4.78, 5) is 13.7. The number of methoxy groups -OCH3 is 1. The van der Waals surface area contributed by atoms with Gasteiger partial charge in [0.2, 0.25) is 5.91 Å². The molecule has 1 saturated carbocycles. The quantitative estimate of drug-likeness (QED) is 0.896. The van der Waals surface area contributed by atoms with Crippen molar-refractivity contribution >= 4 is 17.3 Å². The second kappa shape index (κ2) is 7.34. The summed E-state index contributed by atoms with van der Waals surface area (Å²) in [5.41, 5.74) is 1.91. The van der Waals surface area contributed by atoms with Crippen LogP contribution in [0, 0.1) is 0 Å². The van der Waals surface area contributed by atoms with Crippen molar-refractivity contribution in [1.82, 2.24) is 0 Å². The van der Waals surface area contributed by atoms with Crippen molar-refractivity contribution in [2.75, 3.05) is 23.9 Å². The van der Waals surface area contributed by atoms with E-state index in [1.54, 1.807) is 7.11 Å². The molecule has 1 N–H and O–H groups in total. The van der Waals surface area contributed by atoms with E-state index in [-0.39, 0.29) is 5.91 Å². The van der Waals surface area contributed by atoms with Crippen LogP contribution in [0.5, 0.6) is 5.75 Å². The number of carbonyl (C=O) groups excluding carboxylic acids is 1. The smallest absolute Gasteiger partial charge is 0.221 e. The summed E-state index contributed by atoms with van der Waals surface area (Å²) in [5.74, 6) is 0.823. The molecule has 116 valence electrons. The van der Waals surface area contributed by atoms with E-state index in [0.717, 1.165) is 23.7 Å². The maximum atomic E-state index is 11.3. The Morgan fingerprint density at radius 2 is 2.05 bits per heavy atom. The van der Waals surface area contributed by atoms with Crippen molar-refractivity contribution in [3.8, 4) is 5.75 Å². The molecule has 0 saturated heterocycles.